The van der Waals surface area contributed by atoms with Gasteiger partial charge in [-0.3, -0.25) is 9.89 Å². The van der Waals surface area contributed by atoms with Gasteiger partial charge in [0.25, 0.3) is 6.47 Å². The third-order valence-electron chi connectivity index (χ3n) is 7.72. The number of hydrogen-bond donors (Lipinski definition) is 2. The van der Waals surface area contributed by atoms with E-state index in [0.717, 1.165) is 48.5 Å². The van der Waals surface area contributed by atoms with Crippen LogP contribution in [0, 0.1) is 0 Å². The predicted octanol–water partition coefficient (Wildman–Crippen LogP) is 2.27. The van der Waals surface area contributed by atoms with Gasteiger partial charge < -0.3 is 24.5 Å². The number of nitrogens with zero attached hydrogens (tertiary/aromatic N) is 4. The van der Waals surface area contributed by atoms with Crippen molar-refractivity contribution in [1.82, 2.24) is 15.1 Å². The minimum atomic E-state index is -4.06. The van der Waals surface area contributed by atoms with Gasteiger partial charge in [0.15, 0.2) is 9.84 Å². The summed E-state index contributed by atoms with van der Waals surface area (Å²) in [6, 6.07) is 13.2. The first-order valence-corrected chi connectivity index (χ1v) is 14.8. The molecule has 39 heavy (non-hydrogen) atoms. The standard InChI is InChI=1S/C28H35N5O5S/c1-3-27(20-5-4-6-21(15-20)33-10-9-23(35)18-33)39(36,37)28(38-19-34)17-26-24-8-7-22(16-25(24)29-30-26)32-13-11-31(2)12-14-32/h3-8,15-16,19,23,27-28,35H,1,9-14,17-18H2,2H3,(H,29,30). The molecule has 5 rings (SSSR count). The van der Waals surface area contributed by atoms with Crippen LogP contribution in [0.2, 0.25) is 0 Å². The summed E-state index contributed by atoms with van der Waals surface area (Å²) in [5, 5.41) is 17.0. The molecule has 3 atom stereocenters. The van der Waals surface area contributed by atoms with Crippen LogP contribution < -0.4 is 9.80 Å². The van der Waals surface area contributed by atoms with E-state index >= 15 is 0 Å². The zero-order valence-corrected chi connectivity index (χ0v) is 22.9. The average molecular weight is 554 g/mol. The Morgan fingerprint density at radius 1 is 1.13 bits per heavy atom. The molecule has 208 valence electrons. The van der Waals surface area contributed by atoms with Gasteiger partial charge in [-0.25, -0.2) is 8.42 Å². The summed E-state index contributed by atoms with van der Waals surface area (Å²) in [7, 11) is -1.95. The number of anilines is 2. The van der Waals surface area contributed by atoms with Gasteiger partial charge in [-0.2, -0.15) is 5.10 Å². The molecule has 2 aromatic carbocycles. The van der Waals surface area contributed by atoms with Gasteiger partial charge >= 0.3 is 0 Å². The summed E-state index contributed by atoms with van der Waals surface area (Å²) >= 11 is 0. The summed E-state index contributed by atoms with van der Waals surface area (Å²) in [5.41, 5.74) is 2.29. The summed E-state index contributed by atoms with van der Waals surface area (Å²) < 4.78 is 32.8. The van der Waals surface area contributed by atoms with Crippen molar-refractivity contribution in [3.05, 3.63) is 66.4 Å². The highest BCUT2D eigenvalue weighted by molar-refractivity contribution is 7.92. The monoisotopic (exact) mass is 553 g/mol. The molecule has 3 unspecified atom stereocenters. The van der Waals surface area contributed by atoms with E-state index in [2.05, 4.69) is 33.6 Å². The van der Waals surface area contributed by atoms with Crippen LogP contribution in [0.5, 0.6) is 0 Å². The molecule has 2 aliphatic rings. The van der Waals surface area contributed by atoms with Crippen LogP contribution in [-0.4, -0.2) is 92.9 Å². The normalized spacial score (nSPS) is 20.2. The van der Waals surface area contributed by atoms with Crippen LogP contribution in [-0.2, 0) is 25.8 Å². The molecule has 0 bridgehead atoms. The molecule has 1 aromatic heterocycles. The lowest BCUT2D eigenvalue weighted by Crippen LogP contribution is -2.44. The number of hydrogen-bond acceptors (Lipinski definition) is 9. The number of carbonyl (C=O) groups excluding carboxylic acids is 1. The molecule has 0 saturated carbocycles. The molecule has 0 amide bonds. The molecule has 0 aliphatic carbocycles. The zero-order valence-electron chi connectivity index (χ0n) is 22.1. The van der Waals surface area contributed by atoms with E-state index in [9.17, 15) is 18.3 Å². The summed E-state index contributed by atoms with van der Waals surface area (Å²) in [5.74, 6) is 0. The van der Waals surface area contributed by atoms with Gasteiger partial charge in [0.2, 0.25) is 5.44 Å². The number of ether oxygens (including phenoxy) is 1. The Labute approximate surface area is 228 Å². The highest BCUT2D eigenvalue weighted by Gasteiger charge is 2.36. The molecule has 3 heterocycles. The Bertz CT molecular complexity index is 1430. The lowest BCUT2D eigenvalue weighted by Gasteiger charge is -2.34. The molecule has 0 radical (unpaired) electrons. The topological polar surface area (TPSA) is 119 Å². The van der Waals surface area contributed by atoms with Gasteiger partial charge in [-0.15, -0.1) is 6.58 Å². The number of β-amino-alcohol motifs (C(OH)–C–C–N with tert-alkyl or cyclic N) is 1. The number of H-pyrrole nitrogens is 1. The minimum Gasteiger partial charge on any atom is -0.448 e. The van der Waals surface area contributed by atoms with Gasteiger partial charge in [0.05, 0.1) is 17.3 Å². The van der Waals surface area contributed by atoms with Gasteiger partial charge in [-0.1, -0.05) is 18.2 Å². The fraction of sp³-hybridized carbons (Fsp3) is 0.429. The Balaban J connectivity index is 1.39. The van der Waals surface area contributed by atoms with Crippen molar-refractivity contribution in [3.63, 3.8) is 0 Å². The van der Waals surface area contributed by atoms with E-state index in [4.69, 9.17) is 4.74 Å². The number of aromatic amines is 1. The van der Waals surface area contributed by atoms with E-state index in [1.807, 2.05) is 29.2 Å². The number of benzene rings is 2. The number of aromatic nitrogens is 2. The van der Waals surface area contributed by atoms with Gasteiger partial charge in [0, 0.05) is 62.5 Å². The van der Waals surface area contributed by atoms with E-state index in [0.29, 0.717) is 30.8 Å². The summed E-state index contributed by atoms with van der Waals surface area (Å²) in [6.07, 6.45) is 1.52. The molecule has 2 saturated heterocycles. The van der Waals surface area contributed by atoms with Crippen molar-refractivity contribution >= 4 is 38.6 Å². The third-order valence-corrected chi connectivity index (χ3v) is 9.91. The maximum Gasteiger partial charge on any atom is 0.294 e. The molecular weight excluding hydrogens is 518 g/mol. The van der Waals surface area contributed by atoms with Crippen molar-refractivity contribution in [2.24, 2.45) is 0 Å². The second-order valence-electron chi connectivity index (χ2n) is 10.3. The molecule has 2 N–H and O–H groups in total. The third kappa shape index (κ3) is 5.66. The number of sulfone groups is 1. The summed E-state index contributed by atoms with van der Waals surface area (Å²) in [4.78, 5) is 18.0. The van der Waals surface area contributed by atoms with Crippen molar-refractivity contribution in [1.29, 1.82) is 0 Å². The molecular formula is C28H35N5O5S. The Morgan fingerprint density at radius 2 is 1.90 bits per heavy atom. The number of nitrogens with one attached hydrogen (secondary N) is 1. The van der Waals surface area contributed by atoms with Crippen molar-refractivity contribution in [2.45, 2.75) is 29.6 Å². The number of likely N-dealkylation sites (N-methyl/N-ethyl adjacent to an activating group) is 1. The number of aliphatic hydroxyl groups excluding tert-OH is 1. The number of piperazine rings is 1. The zero-order chi connectivity index (χ0) is 27.6. The summed E-state index contributed by atoms with van der Waals surface area (Å²) in [6.45, 7) is 8.98. The van der Waals surface area contributed by atoms with Crippen molar-refractivity contribution < 1.29 is 23.1 Å². The first-order chi connectivity index (χ1) is 18.8. The number of carbonyl (C=O) groups is 1. The van der Waals surface area contributed by atoms with Crippen LogP contribution in [0.15, 0.2) is 55.1 Å². The van der Waals surface area contributed by atoms with Crippen LogP contribution in [0.25, 0.3) is 10.9 Å². The van der Waals surface area contributed by atoms with Crippen molar-refractivity contribution in [2.75, 3.05) is 56.1 Å². The maximum absolute atomic E-state index is 13.8. The minimum absolute atomic E-state index is 0.0999. The Hall–Kier alpha value is -3.41. The van der Waals surface area contributed by atoms with E-state index in [1.165, 1.54) is 6.08 Å². The number of fused-ring (bicyclic) bond motifs is 1. The van der Waals surface area contributed by atoms with E-state index < -0.39 is 26.6 Å². The van der Waals surface area contributed by atoms with Crippen LogP contribution >= 0.6 is 0 Å². The SMILES string of the molecule is C=CC(c1cccc(N2CCC(O)C2)c1)S(=O)(=O)C(Cc1n[nH]c2cc(N3CCN(C)CC3)ccc12)OC=O. The molecule has 0 spiro atoms. The second kappa shape index (κ2) is 11.4. The Kier molecular flexibility index (Phi) is 7.92. The maximum atomic E-state index is 13.8. The van der Waals surface area contributed by atoms with Crippen LogP contribution in [0.4, 0.5) is 11.4 Å². The highest BCUT2D eigenvalue weighted by atomic mass is 32.2. The molecule has 2 fully saturated rings. The quantitative estimate of drug-likeness (QED) is 0.288. The largest absolute Gasteiger partial charge is 0.448 e. The fourth-order valence-corrected chi connectivity index (χ4v) is 7.15. The second-order valence-corrected chi connectivity index (χ2v) is 12.5. The van der Waals surface area contributed by atoms with Crippen LogP contribution in [0.1, 0.15) is 22.9 Å². The molecule has 3 aromatic rings. The fourth-order valence-electron chi connectivity index (χ4n) is 5.44. The number of aliphatic hydroxyl groups is 1. The van der Waals surface area contributed by atoms with Gasteiger partial charge in [0.1, 0.15) is 5.25 Å². The van der Waals surface area contributed by atoms with E-state index in [1.54, 1.807) is 18.2 Å². The molecule has 11 heteroatoms. The Morgan fingerprint density at radius 3 is 2.59 bits per heavy atom. The van der Waals surface area contributed by atoms with Crippen molar-refractivity contribution in [3.8, 4) is 0 Å². The smallest absolute Gasteiger partial charge is 0.294 e. The molecule has 10 nitrogen and oxygen atoms in total. The first kappa shape index (κ1) is 27.2. The lowest BCUT2D eigenvalue weighted by molar-refractivity contribution is -0.130. The van der Waals surface area contributed by atoms with E-state index in [-0.39, 0.29) is 12.9 Å². The lowest BCUT2D eigenvalue weighted by atomic mass is 10.1. The highest BCUT2D eigenvalue weighted by Crippen LogP contribution is 2.33. The predicted molar refractivity (Wildman–Crippen MR) is 152 cm³/mol. The number of rotatable bonds is 10. The average Bonchev–Trinajstić information content (AvgIpc) is 3.55. The van der Waals surface area contributed by atoms with Gasteiger partial charge in [-0.05, 0) is 49.4 Å². The first-order valence-electron chi connectivity index (χ1n) is 13.2. The molecule has 2 aliphatic heterocycles. The van der Waals surface area contributed by atoms with Crippen LogP contribution in [0.3, 0.4) is 0 Å².